The Labute approximate surface area is 98.6 Å². The van der Waals surface area contributed by atoms with Crippen LogP contribution in [0.15, 0.2) is 18.2 Å². The summed E-state index contributed by atoms with van der Waals surface area (Å²) in [5.74, 6) is 0.990. The van der Waals surface area contributed by atoms with Gasteiger partial charge < -0.3 is 15.6 Å². The summed E-state index contributed by atoms with van der Waals surface area (Å²) in [6.45, 7) is 3.82. The summed E-state index contributed by atoms with van der Waals surface area (Å²) in [6, 6.07) is 4.75. The highest BCUT2D eigenvalue weighted by Gasteiger charge is 2.28. The summed E-state index contributed by atoms with van der Waals surface area (Å²) >= 11 is 0. The number of H-pyrrole nitrogens is 1. The van der Waals surface area contributed by atoms with Crippen LogP contribution in [0.5, 0.6) is 0 Å². The Bertz CT molecular complexity index is 540. The number of fused-ring (bicyclic) bond motifs is 1. The second-order valence-electron chi connectivity index (χ2n) is 4.77. The third-order valence-electron chi connectivity index (χ3n) is 3.40. The zero-order valence-corrected chi connectivity index (χ0v) is 9.65. The minimum Gasteiger partial charge on any atom is -0.341 e. The van der Waals surface area contributed by atoms with Gasteiger partial charge >= 0.3 is 0 Å². The minimum atomic E-state index is -0.251. The molecule has 2 atom stereocenters. The molecule has 0 radical (unpaired) electrons. The molecule has 2 unspecified atom stereocenters. The van der Waals surface area contributed by atoms with Gasteiger partial charge in [-0.05, 0) is 24.1 Å². The van der Waals surface area contributed by atoms with E-state index >= 15 is 0 Å². The quantitative estimate of drug-likeness (QED) is 0.786. The maximum Gasteiger partial charge on any atom is 0.203 e. The largest absolute Gasteiger partial charge is 0.341 e. The van der Waals surface area contributed by atoms with Crippen molar-refractivity contribution in [1.82, 2.24) is 9.97 Å². The lowest BCUT2D eigenvalue weighted by atomic mass is 10.1. The van der Waals surface area contributed by atoms with E-state index in [9.17, 15) is 4.39 Å². The van der Waals surface area contributed by atoms with E-state index in [4.69, 9.17) is 5.73 Å². The van der Waals surface area contributed by atoms with Crippen molar-refractivity contribution in [3.63, 3.8) is 0 Å². The number of rotatable bonds is 1. The number of anilines is 1. The monoisotopic (exact) mass is 234 g/mol. The molecule has 0 bridgehead atoms. The first-order valence-corrected chi connectivity index (χ1v) is 5.79. The van der Waals surface area contributed by atoms with Crippen LogP contribution in [0.4, 0.5) is 10.3 Å². The average Bonchev–Trinajstić information content (AvgIpc) is 2.83. The summed E-state index contributed by atoms with van der Waals surface area (Å²) in [5.41, 5.74) is 7.50. The molecule has 2 aromatic rings. The first kappa shape index (κ1) is 10.5. The van der Waals surface area contributed by atoms with Crippen molar-refractivity contribution in [3.8, 4) is 0 Å². The lowest BCUT2D eigenvalue weighted by Gasteiger charge is -2.13. The van der Waals surface area contributed by atoms with Crippen LogP contribution in [-0.4, -0.2) is 29.1 Å². The smallest absolute Gasteiger partial charge is 0.203 e. The summed E-state index contributed by atoms with van der Waals surface area (Å²) in [6.07, 6.45) is 0. The van der Waals surface area contributed by atoms with Gasteiger partial charge in [0.25, 0.3) is 0 Å². The van der Waals surface area contributed by atoms with E-state index in [2.05, 4.69) is 21.8 Å². The Morgan fingerprint density at radius 3 is 3.00 bits per heavy atom. The molecule has 1 aliphatic heterocycles. The third-order valence-corrected chi connectivity index (χ3v) is 3.40. The predicted molar refractivity (Wildman–Crippen MR) is 65.4 cm³/mol. The van der Waals surface area contributed by atoms with Gasteiger partial charge in [0.05, 0.1) is 11.0 Å². The molecule has 1 aromatic carbocycles. The number of aromatic amines is 1. The minimum absolute atomic E-state index is 0.181. The van der Waals surface area contributed by atoms with Crippen LogP contribution < -0.4 is 10.6 Å². The van der Waals surface area contributed by atoms with Gasteiger partial charge in [-0.25, -0.2) is 9.37 Å². The number of aromatic nitrogens is 2. The molecule has 1 saturated heterocycles. The fourth-order valence-corrected chi connectivity index (χ4v) is 2.28. The molecule has 3 N–H and O–H groups in total. The SMILES string of the molecule is CC1CN(c2nc3ccc(F)cc3[nH]2)CC1N. The molecule has 90 valence electrons. The van der Waals surface area contributed by atoms with E-state index < -0.39 is 0 Å². The molecule has 1 fully saturated rings. The van der Waals surface area contributed by atoms with Crippen LogP contribution >= 0.6 is 0 Å². The Balaban J connectivity index is 1.96. The maximum atomic E-state index is 13.1. The van der Waals surface area contributed by atoms with Crippen LogP contribution in [0.3, 0.4) is 0 Å². The maximum absolute atomic E-state index is 13.1. The van der Waals surface area contributed by atoms with E-state index in [1.165, 1.54) is 12.1 Å². The number of halogens is 1. The van der Waals surface area contributed by atoms with Crippen molar-refractivity contribution in [2.24, 2.45) is 11.7 Å². The number of benzene rings is 1. The van der Waals surface area contributed by atoms with E-state index in [1.54, 1.807) is 6.07 Å². The Kier molecular flexibility index (Phi) is 2.29. The lowest BCUT2D eigenvalue weighted by Crippen LogP contribution is -2.28. The Hall–Kier alpha value is -1.62. The topological polar surface area (TPSA) is 57.9 Å². The summed E-state index contributed by atoms with van der Waals surface area (Å²) < 4.78 is 13.1. The number of nitrogens with one attached hydrogen (secondary N) is 1. The molecule has 5 heteroatoms. The summed E-state index contributed by atoms with van der Waals surface area (Å²) in [4.78, 5) is 9.71. The molecular formula is C12H15FN4. The molecule has 0 amide bonds. The van der Waals surface area contributed by atoms with Gasteiger partial charge in [-0.1, -0.05) is 6.92 Å². The van der Waals surface area contributed by atoms with Crippen molar-refractivity contribution in [1.29, 1.82) is 0 Å². The van der Waals surface area contributed by atoms with Crippen LogP contribution in [-0.2, 0) is 0 Å². The first-order valence-electron chi connectivity index (χ1n) is 5.79. The van der Waals surface area contributed by atoms with Crippen LogP contribution in [0.25, 0.3) is 11.0 Å². The number of hydrogen-bond acceptors (Lipinski definition) is 3. The van der Waals surface area contributed by atoms with Gasteiger partial charge in [0.15, 0.2) is 0 Å². The second kappa shape index (κ2) is 3.70. The normalized spacial score (nSPS) is 24.8. The molecule has 2 heterocycles. The van der Waals surface area contributed by atoms with Gasteiger partial charge in [-0.2, -0.15) is 0 Å². The molecule has 0 saturated carbocycles. The fraction of sp³-hybridized carbons (Fsp3) is 0.417. The van der Waals surface area contributed by atoms with Gasteiger partial charge in [0, 0.05) is 19.1 Å². The number of hydrogen-bond donors (Lipinski definition) is 2. The van der Waals surface area contributed by atoms with E-state index in [0.717, 1.165) is 30.1 Å². The third kappa shape index (κ3) is 1.76. The number of nitrogens with two attached hydrogens (primary N) is 1. The molecule has 4 nitrogen and oxygen atoms in total. The molecular weight excluding hydrogens is 219 g/mol. The zero-order valence-electron chi connectivity index (χ0n) is 9.65. The molecule has 0 aliphatic carbocycles. The Morgan fingerprint density at radius 1 is 1.47 bits per heavy atom. The molecule has 0 spiro atoms. The standard InChI is InChI=1S/C12H15FN4/c1-7-5-17(6-9(7)14)12-15-10-3-2-8(13)4-11(10)16-12/h2-4,7,9H,5-6,14H2,1H3,(H,15,16). The fourth-order valence-electron chi connectivity index (χ4n) is 2.28. The highest BCUT2D eigenvalue weighted by atomic mass is 19.1. The van der Waals surface area contributed by atoms with Crippen molar-refractivity contribution in [3.05, 3.63) is 24.0 Å². The van der Waals surface area contributed by atoms with Gasteiger partial charge in [0.2, 0.25) is 5.95 Å². The van der Waals surface area contributed by atoms with Gasteiger partial charge in [-0.3, -0.25) is 0 Å². The summed E-state index contributed by atoms with van der Waals surface area (Å²) in [5, 5.41) is 0. The lowest BCUT2D eigenvalue weighted by molar-refractivity contribution is 0.566. The molecule has 3 rings (SSSR count). The predicted octanol–water partition coefficient (Wildman–Crippen LogP) is 1.49. The van der Waals surface area contributed by atoms with Crippen LogP contribution in [0, 0.1) is 11.7 Å². The second-order valence-corrected chi connectivity index (χ2v) is 4.77. The van der Waals surface area contributed by atoms with E-state index in [-0.39, 0.29) is 11.9 Å². The molecule has 1 aliphatic rings. The van der Waals surface area contributed by atoms with Crippen LogP contribution in [0.2, 0.25) is 0 Å². The van der Waals surface area contributed by atoms with Gasteiger partial charge in [0.1, 0.15) is 5.82 Å². The number of nitrogens with zero attached hydrogens (tertiary/aromatic N) is 2. The van der Waals surface area contributed by atoms with Crippen molar-refractivity contribution in [2.45, 2.75) is 13.0 Å². The van der Waals surface area contributed by atoms with Gasteiger partial charge in [-0.15, -0.1) is 0 Å². The highest BCUT2D eigenvalue weighted by Crippen LogP contribution is 2.23. The van der Waals surface area contributed by atoms with E-state index in [1.807, 2.05) is 0 Å². The Morgan fingerprint density at radius 2 is 2.29 bits per heavy atom. The summed E-state index contributed by atoms with van der Waals surface area (Å²) in [7, 11) is 0. The van der Waals surface area contributed by atoms with Crippen molar-refractivity contribution < 1.29 is 4.39 Å². The average molecular weight is 234 g/mol. The van der Waals surface area contributed by atoms with Crippen molar-refractivity contribution >= 4 is 17.0 Å². The number of imidazole rings is 1. The highest BCUT2D eigenvalue weighted by molar-refractivity contribution is 5.77. The van der Waals surface area contributed by atoms with E-state index in [0.29, 0.717) is 5.92 Å². The molecule has 1 aromatic heterocycles. The van der Waals surface area contributed by atoms with Crippen LogP contribution in [0.1, 0.15) is 6.92 Å². The van der Waals surface area contributed by atoms with Crippen molar-refractivity contribution in [2.75, 3.05) is 18.0 Å². The first-order chi connectivity index (χ1) is 8.13. The zero-order chi connectivity index (χ0) is 12.0. The molecule has 17 heavy (non-hydrogen) atoms.